The van der Waals surface area contributed by atoms with Crippen LogP contribution in [0.25, 0.3) is 0 Å². The Morgan fingerprint density at radius 3 is 2.71 bits per heavy atom. The lowest BCUT2D eigenvalue weighted by molar-refractivity contribution is -0.135. The Labute approximate surface area is 120 Å². The minimum absolute atomic E-state index is 0.0615. The third kappa shape index (κ3) is 2.37. The standard InChI is InChI=1S/C14H14N4O3/c1-9(18-8-15-7-16-18)13(19)17-5-11-3-2-10(14(20)21)4-12(11)6-17/h2-4,7-9H,5-6H2,1H3,(H,20,21). The van der Waals surface area contributed by atoms with Crippen molar-refractivity contribution in [3.8, 4) is 0 Å². The number of hydrogen-bond donors (Lipinski definition) is 1. The van der Waals surface area contributed by atoms with Gasteiger partial charge in [0, 0.05) is 13.1 Å². The van der Waals surface area contributed by atoms with Gasteiger partial charge in [-0.1, -0.05) is 6.07 Å². The van der Waals surface area contributed by atoms with Crippen LogP contribution in [-0.2, 0) is 17.9 Å². The second-order valence-corrected chi connectivity index (χ2v) is 5.03. The van der Waals surface area contributed by atoms with Crippen molar-refractivity contribution in [2.75, 3.05) is 0 Å². The molecule has 1 atom stereocenters. The fourth-order valence-electron chi connectivity index (χ4n) is 2.48. The molecule has 1 unspecified atom stereocenters. The van der Waals surface area contributed by atoms with E-state index in [1.165, 1.54) is 17.3 Å². The van der Waals surface area contributed by atoms with Crippen LogP contribution in [-0.4, -0.2) is 36.6 Å². The molecule has 21 heavy (non-hydrogen) atoms. The molecule has 0 saturated carbocycles. The molecule has 1 aliphatic rings. The summed E-state index contributed by atoms with van der Waals surface area (Å²) in [5.41, 5.74) is 2.11. The van der Waals surface area contributed by atoms with Gasteiger partial charge in [-0.05, 0) is 30.2 Å². The Balaban J connectivity index is 1.78. The molecule has 2 aromatic rings. The highest BCUT2D eigenvalue weighted by Crippen LogP contribution is 2.26. The smallest absolute Gasteiger partial charge is 0.335 e. The van der Waals surface area contributed by atoms with E-state index in [1.807, 2.05) is 0 Å². The lowest BCUT2D eigenvalue weighted by atomic mass is 10.1. The molecule has 0 aliphatic carbocycles. The second-order valence-electron chi connectivity index (χ2n) is 5.03. The Hall–Kier alpha value is -2.70. The van der Waals surface area contributed by atoms with Gasteiger partial charge in [-0.25, -0.2) is 14.5 Å². The number of benzene rings is 1. The SMILES string of the molecule is CC(C(=O)N1Cc2ccc(C(=O)O)cc2C1)n1cncn1. The Bertz CT molecular complexity index is 696. The van der Waals surface area contributed by atoms with Gasteiger partial charge in [0.1, 0.15) is 18.7 Å². The van der Waals surface area contributed by atoms with Gasteiger partial charge in [-0.3, -0.25) is 4.79 Å². The first-order chi connectivity index (χ1) is 10.1. The lowest BCUT2D eigenvalue weighted by Crippen LogP contribution is -2.32. The van der Waals surface area contributed by atoms with Crippen molar-refractivity contribution in [2.45, 2.75) is 26.1 Å². The largest absolute Gasteiger partial charge is 0.478 e. The lowest BCUT2D eigenvalue weighted by Gasteiger charge is -2.20. The van der Waals surface area contributed by atoms with Crippen molar-refractivity contribution < 1.29 is 14.7 Å². The highest BCUT2D eigenvalue weighted by Gasteiger charge is 2.28. The zero-order valence-electron chi connectivity index (χ0n) is 11.4. The first kappa shape index (κ1) is 13.3. The first-order valence-electron chi connectivity index (χ1n) is 6.54. The summed E-state index contributed by atoms with van der Waals surface area (Å²) in [7, 11) is 0. The fourth-order valence-corrected chi connectivity index (χ4v) is 2.48. The van der Waals surface area contributed by atoms with Crippen LogP contribution in [0.2, 0.25) is 0 Å². The van der Waals surface area contributed by atoms with Crippen LogP contribution in [0.4, 0.5) is 0 Å². The number of amides is 1. The Morgan fingerprint density at radius 2 is 2.05 bits per heavy atom. The molecule has 7 heteroatoms. The van der Waals surface area contributed by atoms with Crippen LogP contribution in [0.1, 0.15) is 34.5 Å². The van der Waals surface area contributed by atoms with E-state index in [2.05, 4.69) is 10.1 Å². The zero-order valence-corrected chi connectivity index (χ0v) is 11.4. The van der Waals surface area contributed by atoms with E-state index in [0.29, 0.717) is 13.1 Å². The quantitative estimate of drug-likeness (QED) is 0.912. The molecule has 1 aromatic carbocycles. The van der Waals surface area contributed by atoms with E-state index < -0.39 is 12.0 Å². The van der Waals surface area contributed by atoms with Crippen LogP contribution in [0.3, 0.4) is 0 Å². The van der Waals surface area contributed by atoms with Gasteiger partial charge in [0.15, 0.2) is 0 Å². The van der Waals surface area contributed by atoms with Gasteiger partial charge in [0.25, 0.3) is 0 Å². The predicted molar refractivity (Wildman–Crippen MR) is 72.4 cm³/mol. The van der Waals surface area contributed by atoms with E-state index >= 15 is 0 Å². The van der Waals surface area contributed by atoms with E-state index in [9.17, 15) is 9.59 Å². The van der Waals surface area contributed by atoms with Crippen molar-refractivity contribution in [2.24, 2.45) is 0 Å². The monoisotopic (exact) mass is 286 g/mol. The number of carbonyl (C=O) groups is 2. The summed E-state index contributed by atoms with van der Waals surface area (Å²) in [4.78, 5) is 29.0. The van der Waals surface area contributed by atoms with Crippen LogP contribution < -0.4 is 0 Å². The minimum Gasteiger partial charge on any atom is -0.478 e. The molecule has 0 fully saturated rings. The van der Waals surface area contributed by atoms with Crippen molar-refractivity contribution in [1.82, 2.24) is 19.7 Å². The van der Waals surface area contributed by atoms with Gasteiger partial charge in [0.2, 0.25) is 5.91 Å². The number of rotatable bonds is 3. The van der Waals surface area contributed by atoms with Gasteiger partial charge in [-0.15, -0.1) is 0 Å². The number of aromatic nitrogens is 3. The number of carboxylic acid groups (broad SMARTS) is 1. The van der Waals surface area contributed by atoms with Gasteiger partial charge in [0.05, 0.1) is 5.56 Å². The number of carbonyl (C=O) groups excluding carboxylic acids is 1. The highest BCUT2D eigenvalue weighted by molar-refractivity contribution is 5.88. The summed E-state index contributed by atoms with van der Waals surface area (Å²) >= 11 is 0. The average molecular weight is 286 g/mol. The molecule has 1 aromatic heterocycles. The Morgan fingerprint density at radius 1 is 1.29 bits per heavy atom. The van der Waals surface area contributed by atoms with Gasteiger partial charge < -0.3 is 10.0 Å². The summed E-state index contributed by atoms with van der Waals surface area (Å²) in [6.45, 7) is 2.68. The van der Waals surface area contributed by atoms with Gasteiger partial charge >= 0.3 is 5.97 Å². The molecule has 1 amide bonds. The maximum absolute atomic E-state index is 12.5. The van der Waals surface area contributed by atoms with Crippen LogP contribution in [0, 0.1) is 0 Å². The predicted octanol–water partition coefficient (Wildman–Crippen LogP) is 1.08. The summed E-state index contributed by atoms with van der Waals surface area (Å²) in [5.74, 6) is -1.02. The summed E-state index contributed by atoms with van der Waals surface area (Å²) in [5, 5.41) is 13.0. The van der Waals surface area contributed by atoms with E-state index in [1.54, 1.807) is 30.0 Å². The molecular weight excluding hydrogens is 272 g/mol. The number of fused-ring (bicyclic) bond motifs is 1. The molecule has 7 nitrogen and oxygen atoms in total. The molecule has 1 aliphatic heterocycles. The van der Waals surface area contributed by atoms with Crippen LogP contribution in [0.15, 0.2) is 30.9 Å². The maximum Gasteiger partial charge on any atom is 0.335 e. The normalized spacial score (nSPS) is 14.8. The highest BCUT2D eigenvalue weighted by atomic mass is 16.4. The summed E-state index contributed by atoms with van der Waals surface area (Å²) in [6, 6.07) is 4.54. The molecule has 1 N–H and O–H groups in total. The molecule has 108 valence electrons. The van der Waals surface area contributed by atoms with Crippen molar-refractivity contribution >= 4 is 11.9 Å². The third-order valence-electron chi connectivity index (χ3n) is 3.68. The molecule has 0 spiro atoms. The third-order valence-corrected chi connectivity index (χ3v) is 3.68. The molecular formula is C14H14N4O3. The van der Waals surface area contributed by atoms with Crippen molar-refractivity contribution in [3.63, 3.8) is 0 Å². The van der Waals surface area contributed by atoms with Crippen molar-refractivity contribution in [3.05, 3.63) is 47.5 Å². The van der Waals surface area contributed by atoms with E-state index in [-0.39, 0.29) is 11.5 Å². The van der Waals surface area contributed by atoms with E-state index in [0.717, 1.165) is 11.1 Å². The summed E-state index contributed by atoms with van der Waals surface area (Å²) < 4.78 is 1.51. The molecule has 0 radical (unpaired) electrons. The number of aromatic carboxylic acids is 1. The van der Waals surface area contributed by atoms with Crippen LogP contribution in [0.5, 0.6) is 0 Å². The fraction of sp³-hybridized carbons (Fsp3) is 0.286. The minimum atomic E-state index is -0.960. The molecule has 2 heterocycles. The van der Waals surface area contributed by atoms with Gasteiger partial charge in [-0.2, -0.15) is 5.10 Å². The number of nitrogens with zero attached hydrogens (tertiary/aromatic N) is 4. The maximum atomic E-state index is 12.5. The average Bonchev–Trinajstić information content (AvgIpc) is 3.13. The summed E-state index contributed by atoms with van der Waals surface area (Å²) in [6.07, 6.45) is 2.90. The van der Waals surface area contributed by atoms with E-state index in [4.69, 9.17) is 5.11 Å². The zero-order chi connectivity index (χ0) is 15.0. The molecule has 0 saturated heterocycles. The topological polar surface area (TPSA) is 88.3 Å². The van der Waals surface area contributed by atoms with Crippen molar-refractivity contribution in [1.29, 1.82) is 0 Å². The molecule has 0 bridgehead atoms. The Kier molecular flexibility index (Phi) is 3.17. The number of carboxylic acids is 1. The first-order valence-corrected chi connectivity index (χ1v) is 6.54. The molecule has 3 rings (SSSR count). The number of hydrogen-bond acceptors (Lipinski definition) is 4. The van der Waals surface area contributed by atoms with Crippen LogP contribution >= 0.6 is 0 Å². The second kappa shape index (κ2) is 5.01.